The zero-order valence-electron chi connectivity index (χ0n) is 13.1. The molecule has 2 fully saturated rings. The van der Waals surface area contributed by atoms with Crippen molar-refractivity contribution in [2.75, 3.05) is 32.1 Å². The fourth-order valence-corrected chi connectivity index (χ4v) is 3.77. The molecule has 2 saturated heterocycles. The van der Waals surface area contributed by atoms with E-state index in [9.17, 15) is 13.2 Å². The minimum atomic E-state index is -2.34. The Balaban J connectivity index is 1.86. The van der Waals surface area contributed by atoms with E-state index in [1.165, 1.54) is 0 Å². The topological polar surface area (TPSA) is 66.9 Å². The molecule has 2 aliphatic heterocycles. The van der Waals surface area contributed by atoms with Crippen molar-refractivity contribution < 1.29 is 17.9 Å². The van der Waals surface area contributed by atoms with Crippen molar-refractivity contribution in [3.8, 4) is 0 Å². The highest BCUT2D eigenvalue weighted by molar-refractivity contribution is 7.72. The maximum Gasteiger partial charge on any atom is 0.410 e. The smallest absolute Gasteiger partial charge is 0.410 e. The highest BCUT2D eigenvalue weighted by Crippen LogP contribution is 2.40. The van der Waals surface area contributed by atoms with Gasteiger partial charge in [0.2, 0.25) is 0 Å². The lowest BCUT2D eigenvalue weighted by Gasteiger charge is -2.38. The molecular weight excluding hydrogens is 292 g/mol. The summed E-state index contributed by atoms with van der Waals surface area (Å²) in [4.78, 5) is 15.9. The van der Waals surface area contributed by atoms with Crippen molar-refractivity contribution in [1.29, 1.82) is 0 Å². The Morgan fingerprint density at radius 2 is 1.71 bits per heavy atom. The molecular formula is C14H26N2O4S. The van der Waals surface area contributed by atoms with Crippen LogP contribution in [0.1, 0.15) is 40.0 Å². The Labute approximate surface area is 128 Å². The van der Waals surface area contributed by atoms with Gasteiger partial charge in [-0.3, -0.25) is 4.90 Å². The van der Waals surface area contributed by atoms with Gasteiger partial charge in [-0.2, -0.15) is 0 Å². The number of hydrogen-bond acceptors (Lipinski definition) is 5. The van der Waals surface area contributed by atoms with E-state index in [1.807, 2.05) is 25.7 Å². The molecule has 0 aromatic carbocycles. The average molecular weight is 318 g/mol. The van der Waals surface area contributed by atoms with Crippen LogP contribution in [-0.2, 0) is 15.4 Å². The van der Waals surface area contributed by atoms with E-state index in [4.69, 9.17) is 4.74 Å². The Morgan fingerprint density at radius 3 is 2.24 bits per heavy atom. The van der Waals surface area contributed by atoms with Crippen molar-refractivity contribution in [1.82, 2.24) is 9.80 Å². The first-order chi connectivity index (χ1) is 9.69. The van der Waals surface area contributed by atoms with Gasteiger partial charge in [-0.05, 0) is 58.5 Å². The van der Waals surface area contributed by atoms with E-state index in [1.54, 1.807) is 4.90 Å². The molecule has 2 rings (SSSR count). The highest BCUT2D eigenvalue weighted by Gasteiger charge is 2.43. The van der Waals surface area contributed by atoms with Crippen LogP contribution < -0.4 is 0 Å². The van der Waals surface area contributed by atoms with Gasteiger partial charge in [-0.1, -0.05) is 0 Å². The molecule has 0 atom stereocenters. The standard InChI is InChI=1S/C14H26N2O4S/c1-13(2,3)20-12(17)16-9-6-14(10-16)4-7-15(8-5-14)11-21(18)19/h21H,4-11H2,1-3H3. The van der Waals surface area contributed by atoms with E-state index in [-0.39, 0.29) is 17.4 Å². The minimum Gasteiger partial charge on any atom is -0.444 e. The number of piperidine rings is 1. The SMILES string of the molecule is CC(C)(C)OC(=O)N1CCC2(CCN(C[SH](=O)=O)CC2)C1. The van der Waals surface area contributed by atoms with Gasteiger partial charge >= 0.3 is 6.09 Å². The van der Waals surface area contributed by atoms with Crippen LogP contribution in [0.3, 0.4) is 0 Å². The van der Waals surface area contributed by atoms with Gasteiger partial charge in [0.1, 0.15) is 5.60 Å². The number of carbonyl (C=O) groups excluding carboxylic acids is 1. The van der Waals surface area contributed by atoms with Crippen LogP contribution >= 0.6 is 0 Å². The molecule has 2 heterocycles. The highest BCUT2D eigenvalue weighted by atomic mass is 32.2. The molecule has 6 nitrogen and oxygen atoms in total. The number of amides is 1. The third-order valence-electron chi connectivity index (χ3n) is 4.32. The molecule has 0 unspecified atom stereocenters. The molecule has 7 heteroatoms. The second-order valence-corrected chi connectivity index (χ2v) is 8.19. The van der Waals surface area contributed by atoms with E-state index in [0.29, 0.717) is 0 Å². The lowest BCUT2D eigenvalue weighted by atomic mass is 9.78. The van der Waals surface area contributed by atoms with Crippen molar-refractivity contribution in [2.45, 2.75) is 45.6 Å². The fraction of sp³-hybridized carbons (Fsp3) is 0.929. The molecule has 21 heavy (non-hydrogen) atoms. The van der Waals surface area contributed by atoms with Crippen LogP contribution in [0.5, 0.6) is 0 Å². The normalized spacial score (nSPS) is 23.0. The van der Waals surface area contributed by atoms with Crippen molar-refractivity contribution in [3.05, 3.63) is 0 Å². The van der Waals surface area contributed by atoms with Gasteiger partial charge < -0.3 is 9.64 Å². The molecule has 1 spiro atoms. The van der Waals surface area contributed by atoms with Crippen LogP contribution in [0, 0.1) is 5.41 Å². The Bertz CT molecular complexity index is 454. The summed E-state index contributed by atoms with van der Waals surface area (Å²) in [5, 5.41) is 0. The van der Waals surface area contributed by atoms with Crippen molar-refractivity contribution in [2.24, 2.45) is 5.41 Å². The number of hydrogen-bond donors (Lipinski definition) is 1. The minimum absolute atomic E-state index is 0.154. The predicted octanol–water partition coefficient (Wildman–Crippen LogP) is 1.28. The number of thiol groups is 1. The van der Waals surface area contributed by atoms with E-state index in [2.05, 4.69) is 0 Å². The number of rotatable bonds is 2. The van der Waals surface area contributed by atoms with Crippen LogP contribution in [0.4, 0.5) is 4.79 Å². The maximum atomic E-state index is 12.1. The number of ether oxygens (including phenoxy) is 1. The van der Waals surface area contributed by atoms with Gasteiger partial charge in [0.15, 0.2) is 10.7 Å². The number of nitrogens with zero attached hydrogens (tertiary/aromatic N) is 2. The van der Waals surface area contributed by atoms with E-state index in [0.717, 1.165) is 45.4 Å². The molecule has 122 valence electrons. The van der Waals surface area contributed by atoms with Crippen LogP contribution in [-0.4, -0.2) is 62.0 Å². The molecule has 2 aliphatic rings. The summed E-state index contributed by atoms with van der Waals surface area (Å²) in [6.45, 7) is 8.69. The molecule has 0 radical (unpaired) electrons. The van der Waals surface area contributed by atoms with Crippen LogP contribution in [0.2, 0.25) is 0 Å². The first kappa shape index (κ1) is 16.5. The maximum absolute atomic E-state index is 12.1. The second kappa shape index (κ2) is 6.12. The zero-order chi connectivity index (χ0) is 15.7. The molecule has 0 bridgehead atoms. The lowest BCUT2D eigenvalue weighted by molar-refractivity contribution is 0.0251. The fourth-order valence-electron chi connectivity index (χ4n) is 3.16. The van der Waals surface area contributed by atoms with E-state index < -0.39 is 16.3 Å². The van der Waals surface area contributed by atoms with Crippen molar-refractivity contribution >= 4 is 16.8 Å². The quantitative estimate of drug-likeness (QED) is 0.777. The Kier molecular flexibility index (Phi) is 4.82. The summed E-state index contributed by atoms with van der Waals surface area (Å²) >= 11 is 0. The Morgan fingerprint density at radius 1 is 1.14 bits per heavy atom. The molecule has 1 amide bonds. The Hall–Kier alpha value is -0.820. The second-order valence-electron chi connectivity index (χ2n) is 7.24. The van der Waals surface area contributed by atoms with Gasteiger partial charge in [-0.25, -0.2) is 13.2 Å². The summed E-state index contributed by atoms with van der Waals surface area (Å²) in [6, 6.07) is 0. The zero-order valence-corrected chi connectivity index (χ0v) is 14.0. The molecule has 0 saturated carbocycles. The van der Waals surface area contributed by atoms with Gasteiger partial charge in [0, 0.05) is 13.1 Å². The molecule has 0 aliphatic carbocycles. The molecule has 0 N–H and O–H groups in total. The monoisotopic (exact) mass is 318 g/mol. The van der Waals surface area contributed by atoms with Gasteiger partial charge in [0.25, 0.3) is 0 Å². The van der Waals surface area contributed by atoms with E-state index >= 15 is 0 Å². The third kappa shape index (κ3) is 4.57. The lowest BCUT2D eigenvalue weighted by Crippen LogP contribution is -2.43. The third-order valence-corrected chi connectivity index (χ3v) is 4.95. The average Bonchev–Trinajstić information content (AvgIpc) is 2.74. The summed E-state index contributed by atoms with van der Waals surface area (Å²) in [6.07, 6.45) is 2.67. The molecule has 0 aromatic rings. The van der Waals surface area contributed by atoms with Crippen LogP contribution in [0.25, 0.3) is 0 Å². The first-order valence-electron chi connectivity index (χ1n) is 7.51. The van der Waals surface area contributed by atoms with Crippen LogP contribution in [0.15, 0.2) is 0 Å². The first-order valence-corrected chi connectivity index (χ1v) is 8.88. The summed E-state index contributed by atoms with van der Waals surface area (Å²) < 4.78 is 27.0. The largest absolute Gasteiger partial charge is 0.444 e. The van der Waals surface area contributed by atoms with Gasteiger partial charge in [0.05, 0.1) is 5.88 Å². The summed E-state index contributed by atoms with van der Waals surface area (Å²) in [5.41, 5.74) is -0.308. The van der Waals surface area contributed by atoms with Crippen molar-refractivity contribution in [3.63, 3.8) is 0 Å². The van der Waals surface area contributed by atoms with Gasteiger partial charge in [-0.15, -0.1) is 0 Å². The summed E-state index contributed by atoms with van der Waals surface area (Å²) in [7, 11) is -2.34. The summed E-state index contributed by atoms with van der Waals surface area (Å²) in [5.74, 6) is 0.154. The number of carbonyl (C=O) groups is 1. The predicted molar refractivity (Wildman–Crippen MR) is 80.8 cm³/mol. The number of likely N-dealkylation sites (tertiary alicyclic amines) is 2. The molecule has 0 aromatic heterocycles.